The lowest BCUT2D eigenvalue weighted by atomic mass is 9.96. The Bertz CT molecular complexity index is 1440. The number of methoxy groups -OCH3 is 2. The van der Waals surface area contributed by atoms with Crippen LogP contribution < -0.4 is 14.8 Å². The van der Waals surface area contributed by atoms with E-state index in [4.69, 9.17) is 14.0 Å². The van der Waals surface area contributed by atoms with Gasteiger partial charge >= 0.3 is 0 Å². The number of carbonyl (C=O) groups excluding carboxylic acids is 1. The number of benzene rings is 3. The Morgan fingerprint density at radius 1 is 1.07 bits per heavy atom. The summed E-state index contributed by atoms with van der Waals surface area (Å²) in [6, 6.07) is 22.2. The summed E-state index contributed by atoms with van der Waals surface area (Å²) < 4.78 is 16.2. The third-order valence-corrected chi connectivity index (χ3v) is 8.13. The molecule has 9 heteroatoms. The van der Waals surface area contributed by atoms with Crippen molar-refractivity contribution in [2.75, 3.05) is 32.6 Å². The Kier molecular flexibility index (Phi) is 9.03. The third-order valence-electron chi connectivity index (χ3n) is 7.04. The molecule has 1 saturated heterocycles. The second-order valence-corrected chi connectivity index (χ2v) is 10.9. The summed E-state index contributed by atoms with van der Waals surface area (Å²) in [5.41, 5.74) is 3.96. The lowest BCUT2D eigenvalue weighted by Crippen LogP contribution is -2.40. The number of aromatic nitrogens is 2. The summed E-state index contributed by atoms with van der Waals surface area (Å²) in [7, 11) is 3.19. The Labute approximate surface area is 239 Å². The Balaban J connectivity index is 1.16. The van der Waals surface area contributed by atoms with Crippen LogP contribution in [-0.4, -0.2) is 48.3 Å². The first-order valence-electron chi connectivity index (χ1n) is 13.4. The molecule has 1 unspecified atom stereocenters. The van der Waals surface area contributed by atoms with Crippen molar-refractivity contribution in [3.8, 4) is 22.9 Å². The van der Waals surface area contributed by atoms with Gasteiger partial charge in [-0.3, -0.25) is 9.69 Å². The monoisotopic (exact) mass is 558 g/mol. The number of nitrogens with zero attached hydrogens (tertiary/aromatic N) is 3. The van der Waals surface area contributed by atoms with E-state index >= 15 is 0 Å². The number of hydrogen-bond acceptors (Lipinski definition) is 8. The topological polar surface area (TPSA) is 89.7 Å². The summed E-state index contributed by atoms with van der Waals surface area (Å²) in [6.45, 7) is 4.07. The molecule has 208 valence electrons. The molecule has 5 rings (SSSR count). The van der Waals surface area contributed by atoms with E-state index in [0.29, 0.717) is 36.3 Å². The van der Waals surface area contributed by atoms with Gasteiger partial charge in [0.15, 0.2) is 11.5 Å². The van der Waals surface area contributed by atoms with Crippen LogP contribution in [0.5, 0.6) is 11.5 Å². The summed E-state index contributed by atoms with van der Waals surface area (Å²) in [6.07, 6.45) is 1.79. The molecule has 0 spiro atoms. The number of carbonyl (C=O) groups is 1. The predicted molar refractivity (Wildman–Crippen MR) is 157 cm³/mol. The van der Waals surface area contributed by atoms with E-state index in [9.17, 15) is 4.79 Å². The van der Waals surface area contributed by atoms with E-state index in [0.717, 1.165) is 42.0 Å². The van der Waals surface area contributed by atoms with Gasteiger partial charge in [0, 0.05) is 28.4 Å². The molecule has 1 aliphatic heterocycles. The number of amides is 1. The van der Waals surface area contributed by atoms with E-state index in [1.165, 1.54) is 10.5 Å². The van der Waals surface area contributed by atoms with Crippen molar-refractivity contribution in [1.29, 1.82) is 0 Å². The lowest BCUT2D eigenvalue weighted by Gasteiger charge is -2.31. The molecule has 1 fully saturated rings. The highest BCUT2D eigenvalue weighted by Gasteiger charge is 2.27. The summed E-state index contributed by atoms with van der Waals surface area (Å²) in [4.78, 5) is 21.2. The van der Waals surface area contributed by atoms with Crippen LogP contribution in [0, 0.1) is 12.8 Å². The molecule has 4 aromatic rings. The minimum atomic E-state index is -0.102. The van der Waals surface area contributed by atoms with E-state index in [-0.39, 0.29) is 11.8 Å². The van der Waals surface area contributed by atoms with E-state index in [1.54, 1.807) is 14.2 Å². The maximum Gasteiger partial charge on any atom is 0.241 e. The first-order chi connectivity index (χ1) is 19.5. The number of piperidine rings is 1. The maximum absolute atomic E-state index is 13.2. The first-order valence-corrected chi connectivity index (χ1v) is 14.4. The van der Waals surface area contributed by atoms with Crippen LogP contribution in [0.25, 0.3) is 11.4 Å². The fourth-order valence-corrected chi connectivity index (χ4v) is 5.75. The van der Waals surface area contributed by atoms with Gasteiger partial charge in [-0.2, -0.15) is 4.98 Å². The van der Waals surface area contributed by atoms with Crippen molar-refractivity contribution in [3.63, 3.8) is 0 Å². The normalized spacial score (nSPS) is 15.5. The number of aryl methyl sites for hydroxylation is 1. The molecule has 8 nitrogen and oxygen atoms in total. The van der Waals surface area contributed by atoms with Crippen LogP contribution >= 0.6 is 11.8 Å². The van der Waals surface area contributed by atoms with Gasteiger partial charge in [-0.05, 0) is 73.8 Å². The number of anilines is 1. The third kappa shape index (κ3) is 6.84. The number of hydrogen-bond donors (Lipinski definition) is 1. The average molecular weight is 559 g/mol. The predicted octanol–water partition coefficient (Wildman–Crippen LogP) is 6.21. The van der Waals surface area contributed by atoms with Crippen molar-refractivity contribution in [1.82, 2.24) is 15.0 Å². The molecule has 0 aliphatic carbocycles. The van der Waals surface area contributed by atoms with Crippen LogP contribution in [0.3, 0.4) is 0 Å². The molecule has 40 heavy (non-hydrogen) atoms. The van der Waals surface area contributed by atoms with Gasteiger partial charge < -0.3 is 19.3 Å². The maximum atomic E-state index is 13.2. The first kappa shape index (κ1) is 27.7. The molecular formula is C31H34N4O4S. The van der Waals surface area contributed by atoms with Gasteiger partial charge in [-0.15, -0.1) is 11.8 Å². The van der Waals surface area contributed by atoms with Crippen molar-refractivity contribution in [3.05, 3.63) is 83.7 Å². The number of rotatable bonds is 10. The molecule has 0 bridgehead atoms. The molecule has 1 N–H and O–H groups in total. The summed E-state index contributed by atoms with van der Waals surface area (Å²) in [5.74, 6) is 3.09. The Morgan fingerprint density at radius 3 is 2.67 bits per heavy atom. The highest BCUT2D eigenvalue weighted by atomic mass is 32.2. The van der Waals surface area contributed by atoms with E-state index < -0.39 is 0 Å². The van der Waals surface area contributed by atoms with Crippen LogP contribution in [-0.2, 0) is 17.1 Å². The highest BCUT2D eigenvalue weighted by Crippen LogP contribution is 2.31. The standard InChI is InChI=1S/C31H34N4O4S/c1-21-16-22(20-40-25-9-5-4-6-10-25)11-13-26(21)32-31(36)24-8-7-15-35(18-24)19-29-33-30(34-39-29)23-12-14-27(37-2)28(17-23)38-3/h4-6,9-14,16-17,24H,7-8,15,18-20H2,1-3H3,(H,32,36). The molecular weight excluding hydrogens is 524 g/mol. The number of nitrogens with one attached hydrogen (secondary N) is 1. The smallest absolute Gasteiger partial charge is 0.241 e. The fraction of sp³-hybridized carbons (Fsp3) is 0.323. The molecule has 0 saturated carbocycles. The van der Waals surface area contributed by atoms with Gasteiger partial charge in [-0.1, -0.05) is 35.5 Å². The van der Waals surface area contributed by atoms with Crippen molar-refractivity contribution >= 4 is 23.4 Å². The fourth-order valence-electron chi connectivity index (χ4n) is 4.89. The SMILES string of the molecule is COc1ccc(-c2noc(CN3CCCC(C(=O)Nc4ccc(CSc5ccccc5)cc4C)C3)n2)cc1OC. The van der Waals surface area contributed by atoms with E-state index in [1.807, 2.05) is 49.0 Å². The molecule has 1 aliphatic rings. The summed E-state index contributed by atoms with van der Waals surface area (Å²) in [5, 5.41) is 7.32. The second kappa shape index (κ2) is 13.0. The van der Waals surface area contributed by atoms with Crippen molar-refractivity contribution < 1.29 is 18.8 Å². The van der Waals surface area contributed by atoms with Gasteiger partial charge in [-0.25, -0.2) is 0 Å². The summed E-state index contributed by atoms with van der Waals surface area (Å²) >= 11 is 1.81. The number of thioether (sulfide) groups is 1. The molecule has 3 aromatic carbocycles. The highest BCUT2D eigenvalue weighted by molar-refractivity contribution is 7.98. The number of ether oxygens (including phenoxy) is 2. The quantitative estimate of drug-likeness (QED) is 0.230. The minimum Gasteiger partial charge on any atom is -0.493 e. The van der Waals surface area contributed by atoms with Gasteiger partial charge in [0.25, 0.3) is 0 Å². The zero-order valence-corrected chi connectivity index (χ0v) is 23.9. The van der Waals surface area contributed by atoms with Gasteiger partial charge in [0.05, 0.1) is 26.7 Å². The zero-order valence-electron chi connectivity index (χ0n) is 23.1. The molecule has 1 atom stereocenters. The van der Waals surface area contributed by atoms with Gasteiger partial charge in [0.1, 0.15) is 0 Å². The Hall–Kier alpha value is -3.82. The van der Waals surface area contributed by atoms with Crippen LogP contribution in [0.2, 0.25) is 0 Å². The average Bonchev–Trinajstić information content (AvgIpc) is 3.46. The second-order valence-electron chi connectivity index (χ2n) is 9.90. The molecule has 1 aromatic heterocycles. The molecule has 2 heterocycles. The number of likely N-dealkylation sites (tertiary alicyclic amines) is 1. The van der Waals surface area contributed by atoms with Crippen LogP contribution in [0.4, 0.5) is 5.69 Å². The van der Waals surface area contributed by atoms with Crippen LogP contribution in [0.1, 0.15) is 29.9 Å². The van der Waals surface area contributed by atoms with Crippen molar-refractivity contribution in [2.45, 2.75) is 37.0 Å². The Morgan fingerprint density at radius 2 is 1.90 bits per heavy atom. The van der Waals surface area contributed by atoms with Gasteiger partial charge in [0.2, 0.25) is 17.6 Å². The van der Waals surface area contributed by atoms with Crippen LogP contribution in [0.15, 0.2) is 76.1 Å². The minimum absolute atomic E-state index is 0.0516. The van der Waals surface area contributed by atoms with Crippen molar-refractivity contribution in [2.24, 2.45) is 5.92 Å². The zero-order chi connectivity index (χ0) is 27.9. The molecule has 1 amide bonds. The molecule has 0 radical (unpaired) electrons. The van der Waals surface area contributed by atoms with E-state index in [2.05, 4.69) is 56.8 Å². The lowest BCUT2D eigenvalue weighted by molar-refractivity contribution is -0.121. The largest absolute Gasteiger partial charge is 0.493 e.